The van der Waals surface area contributed by atoms with Crippen molar-refractivity contribution in [3.8, 4) is 45.2 Å². The van der Waals surface area contributed by atoms with E-state index in [0.29, 0.717) is 5.52 Å². The molecule has 6 aromatic carbocycles. The molecule has 5 nitrogen and oxygen atoms in total. The van der Waals surface area contributed by atoms with Crippen LogP contribution in [0.3, 0.4) is 0 Å². The molecular weight excluding hydrogens is 844 g/mol. The summed E-state index contributed by atoms with van der Waals surface area (Å²) in [5.41, 5.74) is 12.6. The molecule has 0 aliphatic heterocycles. The van der Waals surface area contributed by atoms with Crippen molar-refractivity contribution in [1.82, 2.24) is 19.5 Å². The molecule has 270 valence electrons. The van der Waals surface area contributed by atoms with Gasteiger partial charge in [0, 0.05) is 43.3 Å². The maximum atomic E-state index is 10.7. The van der Waals surface area contributed by atoms with Crippen molar-refractivity contribution in [3.63, 3.8) is 0 Å². The average molecular weight is 885 g/mol. The predicted molar refractivity (Wildman–Crippen MR) is 220 cm³/mol. The standard InChI is InChI=1S/C48H41N4O.Pt/c1-47(2,3)32-22-24-40-36(26-32)37-27-33(48(4,5)6)28-38(44(37)50-40)46-51-45-35(39-23-21-30-15-11-20-42(53)43(30)49-39)18-12-19-41(45)52(46)34-17-10-16-31(25-34)29-13-8-7-9-14-29;/h7-28H,1-6H3,(H-,49,50,51,53);/q-1;. The van der Waals surface area contributed by atoms with Gasteiger partial charge < -0.3 is 10.1 Å². The second kappa shape index (κ2) is 13.1. The SMILES string of the molecule is CC(C)(C)c1ccc2[n-]c3c(-c4nc5c(-c6ccc7cccc(O)c7n6)cccc5n4-c4cccc(-c5ccccc5)c4)cc(C(C)(C)C)cc3c2c1.[Pt]. The molecule has 3 aromatic heterocycles. The van der Waals surface area contributed by atoms with E-state index in [1.807, 2.05) is 30.3 Å². The van der Waals surface area contributed by atoms with Crippen LogP contribution in [0.15, 0.2) is 133 Å². The topological polar surface area (TPSA) is 65.0 Å². The Morgan fingerprint density at radius 3 is 2.07 bits per heavy atom. The molecule has 0 unspecified atom stereocenters. The molecular formula is C48H41N4OPt-. The van der Waals surface area contributed by atoms with Gasteiger partial charge in [-0.05, 0) is 80.3 Å². The number of para-hydroxylation sites is 2. The van der Waals surface area contributed by atoms with E-state index in [0.717, 1.165) is 77.7 Å². The summed E-state index contributed by atoms with van der Waals surface area (Å²) >= 11 is 0. The number of benzene rings is 6. The van der Waals surface area contributed by atoms with Crippen molar-refractivity contribution in [3.05, 3.63) is 145 Å². The first-order valence-corrected chi connectivity index (χ1v) is 18.3. The minimum atomic E-state index is -0.125. The molecule has 3 heterocycles. The fourth-order valence-corrected chi connectivity index (χ4v) is 7.48. The maximum Gasteiger partial charge on any atom is 0.144 e. The van der Waals surface area contributed by atoms with Gasteiger partial charge in [0.05, 0.1) is 16.7 Å². The number of pyridine rings is 1. The van der Waals surface area contributed by atoms with Crippen LogP contribution in [-0.4, -0.2) is 19.6 Å². The molecule has 0 amide bonds. The van der Waals surface area contributed by atoms with Crippen molar-refractivity contribution in [2.75, 3.05) is 0 Å². The molecule has 0 saturated heterocycles. The largest absolute Gasteiger partial charge is 0.656 e. The molecule has 54 heavy (non-hydrogen) atoms. The van der Waals surface area contributed by atoms with Gasteiger partial charge in [0.25, 0.3) is 0 Å². The second-order valence-electron chi connectivity index (χ2n) is 16.2. The van der Waals surface area contributed by atoms with Crippen molar-refractivity contribution in [2.24, 2.45) is 0 Å². The molecule has 0 spiro atoms. The zero-order chi connectivity index (χ0) is 36.6. The van der Waals surface area contributed by atoms with Gasteiger partial charge in [-0.2, -0.15) is 0 Å². The van der Waals surface area contributed by atoms with Crippen LogP contribution in [0.1, 0.15) is 52.7 Å². The Hall–Kier alpha value is -5.51. The van der Waals surface area contributed by atoms with Crippen LogP contribution in [0, 0.1) is 0 Å². The molecule has 0 atom stereocenters. The van der Waals surface area contributed by atoms with Crippen LogP contribution in [0.4, 0.5) is 0 Å². The number of hydrogen-bond donors (Lipinski definition) is 1. The number of phenols is 1. The zero-order valence-electron chi connectivity index (χ0n) is 31.3. The number of fused-ring (bicyclic) bond motifs is 5. The van der Waals surface area contributed by atoms with Crippen molar-refractivity contribution in [2.45, 2.75) is 52.4 Å². The fraction of sp³-hybridized carbons (Fsp3) is 0.167. The molecule has 0 radical (unpaired) electrons. The summed E-state index contributed by atoms with van der Waals surface area (Å²) in [6, 6.07) is 46.3. The summed E-state index contributed by atoms with van der Waals surface area (Å²) < 4.78 is 2.28. The minimum Gasteiger partial charge on any atom is -0.656 e. The van der Waals surface area contributed by atoms with Gasteiger partial charge in [0.1, 0.15) is 17.1 Å². The normalized spacial score (nSPS) is 12.2. The molecule has 6 heteroatoms. The first-order chi connectivity index (χ1) is 25.4. The van der Waals surface area contributed by atoms with Gasteiger partial charge >= 0.3 is 0 Å². The summed E-state index contributed by atoms with van der Waals surface area (Å²) in [7, 11) is 0. The van der Waals surface area contributed by atoms with Gasteiger partial charge in [-0.25, -0.2) is 9.97 Å². The Morgan fingerprint density at radius 2 is 1.30 bits per heavy atom. The summed E-state index contributed by atoms with van der Waals surface area (Å²) in [5, 5.41) is 13.9. The Balaban J connectivity index is 0.00000413. The Kier molecular flexibility index (Phi) is 8.62. The van der Waals surface area contributed by atoms with Crippen LogP contribution in [-0.2, 0) is 31.9 Å². The van der Waals surface area contributed by atoms with E-state index in [9.17, 15) is 5.11 Å². The molecule has 0 bridgehead atoms. The number of nitrogens with zero attached hydrogens (tertiary/aromatic N) is 4. The summed E-state index contributed by atoms with van der Waals surface area (Å²) in [4.78, 5) is 15.9. The van der Waals surface area contributed by atoms with Crippen LogP contribution in [0.2, 0.25) is 0 Å². The van der Waals surface area contributed by atoms with E-state index < -0.39 is 0 Å². The molecule has 0 aliphatic rings. The minimum absolute atomic E-state index is 0. The first-order valence-electron chi connectivity index (χ1n) is 18.3. The molecule has 0 saturated carbocycles. The smallest absolute Gasteiger partial charge is 0.144 e. The van der Waals surface area contributed by atoms with E-state index in [1.165, 1.54) is 11.1 Å². The van der Waals surface area contributed by atoms with Gasteiger partial charge in [-0.15, -0.1) is 11.0 Å². The Labute approximate surface area is 330 Å². The van der Waals surface area contributed by atoms with Crippen LogP contribution in [0.25, 0.3) is 83.2 Å². The monoisotopic (exact) mass is 884 g/mol. The van der Waals surface area contributed by atoms with Crippen molar-refractivity contribution < 1.29 is 26.2 Å². The van der Waals surface area contributed by atoms with E-state index in [-0.39, 0.29) is 37.6 Å². The average Bonchev–Trinajstić information content (AvgIpc) is 3.73. The molecule has 9 rings (SSSR count). The van der Waals surface area contributed by atoms with Gasteiger partial charge in [0.2, 0.25) is 0 Å². The van der Waals surface area contributed by atoms with Crippen LogP contribution >= 0.6 is 0 Å². The third-order valence-corrected chi connectivity index (χ3v) is 10.5. The fourth-order valence-electron chi connectivity index (χ4n) is 7.48. The number of aromatic nitrogens is 4. The quantitative estimate of drug-likeness (QED) is 0.191. The number of hydrogen-bond acceptors (Lipinski definition) is 3. The van der Waals surface area contributed by atoms with Gasteiger partial charge in [-0.3, -0.25) is 4.57 Å². The summed E-state index contributed by atoms with van der Waals surface area (Å²) in [6.45, 7) is 13.6. The third-order valence-electron chi connectivity index (χ3n) is 10.5. The number of phenolic OH excluding ortho intramolecular Hbond substituents is 1. The van der Waals surface area contributed by atoms with Crippen LogP contribution < -0.4 is 4.98 Å². The van der Waals surface area contributed by atoms with Crippen molar-refractivity contribution in [1.29, 1.82) is 0 Å². The van der Waals surface area contributed by atoms with Gasteiger partial charge in [0.15, 0.2) is 0 Å². The molecule has 9 aromatic rings. The van der Waals surface area contributed by atoms with E-state index >= 15 is 0 Å². The first kappa shape index (κ1) is 35.5. The number of rotatable bonds is 4. The number of imidazole rings is 1. The molecule has 0 aliphatic carbocycles. The van der Waals surface area contributed by atoms with E-state index in [4.69, 9.17) is 15.0 Å². The zero-order valence-corrected chi connectivity index (χ0v) is 33.5. The second-order valence-corrected chi connectivity index (χ2v) is 16.2. The van der Waals surface area contributed by atoms with Crippen molar-refractivity contribution >= 4 is 43.7 Å². The molecule has 0 fully saturated rings. The Bertz CT molecular complexity index is 2870. The summed E-state index contributed by atoms with van der Waals surface area (Å²) in [6.07, 6.45) is 0. The number of aromatic hydroxyl groups is 1. The maximum absolute atomic E-state index is 10.7. The predicted octanol–water partition coefficient (Wildman–Crippen LogP) is 12.1. The Morgan fingerprint density at radius 1 is 0.574 bits per heavy atom. The third kappa shape index (κ3) is 6.01. The van der Waals surface area contributed by atoms with Crippen LogP contribution in [0.5, 0.6) is 5.75 Å². The summed E-state index contributed by atoms with van der Waals surface area (Å²) in [5.74, 6) is 0.974. The van der Waals surface area contributed by atoms with E-state index in [2.05, 4.69) is 143 Å². The van der Waals surface area contributed by atoms with Gasteiger partial charge in [-0.1, -0.05) is 139 Å². The molecule has 1 N–H and O–H groups in total. The van der Waals surface area contributed by atoms with E-state index in [1.54, 1.807) is 6.07 Å².